The van der Waals surface area contributed by atoms with Gasteiger partial charge in [0.25, 0.3) is 0 Å². The van der Waals surface area contributed by atoms with Crippen LogP contribution in [-0.4, -0.2) is 29.2 Å². The van der Waals surface area contributed by atoms with Gasteiger partial charge in [0, 0.05) is 66.7 Å². The van der Waals surface area contributed by atoms with Crippen molar-refractivity contribution < 1.29 is 68.7 Å². The molecular formula is C7H12O3WY-2. The maximum absolute atomic E-state index is 8.97. The smallest absolute Gasteiger partial charge is 0.0412 e. The first-order valence-corrected chi connectivity index (χ1v) is 3.36. The Balaban J connectivity index is 0. The van der Waals surface area contributed by atoms with E-state index in [9.17, 15) is 0 Å². The summed E-state index contributed by atoms with van der Waals surface area (Å²) in [6.45, 7) is 1.88. The molecule has 0 aromatic carbocycles. The summed E-state index contributed by atoms with van der Waals surface area (Å²) >= 11 is 0. The Hall–Kier alpha value is 1.67. The molecule has 1 fully saturated rings. The molecule has 1 aliphatic heterocycles. The van der Waals surface area contributed by atoms with Crippen LogP contribution >= 0.6 is 0 Å². The van der Waals surface area contributed by atoms with Gasteiger partial charge in [-0.25, -0.2) is 0 Å². The molecule has 0 amide bonds. The van der Waals surface area contributed by atoms with Gasteiger partial charge in [-0.1, -0.05) is 0 Å². The minimum atomic E-state index is -0.822. The van der Waals surface area contributed by atoms with Crippen molar-refractivity contribution in [1.29, 1.82) is 0 Å². The molecule has 1 saturated heterocycles. The van der Waals surface area contributed by atoms with Crippen LogP contribution in [0.15, 0.2) is 0 Å². The number of aliphatic hydroxyl groups is 2. The van der Waals surface area contributed by atoms with Gasteiger partial charge < -0.3 is 27.8 Å². The first-order valence-electron chi connectivity index (χ1n) is 3.36. The van der Waals surface area contributed by atoms with Crippen molar-refractivity contribution in [2.24, 2.45) is 5.92 Å². The van der Waals surface area contributed by atoms with Gasteiger partial charge in [-0.3, -0.25) is 5.92 Å². The van der Waals surface area contributed by atoms with E-state index in [2.05, 4.69) is 0 Å². The molecule has 0 aromatic heterocycles. The van der Waals surface area contributed by atoms with Crippen molar-refractivity contribution in [2.45, 2.75) is 19.3 Å². The molecule has 1 aliphatic rings. The van der Waals surface area contributed by atoms with Crippen molar-refractivity contribution in [1.82, 2.24) is 0 Å². The van der Waals surface area contributed by atoms with Gasteiger partial charge in [0.1, 0.15) is 0 Å². The normalized spacial score (nSPS) is 34.8. The van der Waals surface area contributed by atoms with Crippen LogP contribution in [0.4, 0.5) is 0 Å². The van der Waals surface area contributed by atoms with Crippen LogP contribution in [0, 0.1) is 18.8 Å². The molecular weight excluding hydrogens is 405 g/mol. The zero-order chi connectivity index (χ0) is 7.56. The third kappa shape index (κ3) is 5.41. The van der Waals surface area contributed by atoms with Gasteiger partial charge >= 0.3 is 0 Å². The minimum absolute atomic E-state index is 0. The van der Waals surface area contributed by atoms with E-state index in [1.54, 1.807) is 6.42 Å². The predicted octanol–water partition coefficient (Wildman–Crippen LogP) is -0.264. The van der Waals surface area contributed by atoms with Crippen molar-refractivity contribution in [3.05, 3.63) is 12.8 Å². The molecule has 1 heterocycles. The summed E-state index contributed by atoms with van der Waals surface area (Å²) < 4.78 is 4.90. The summed E-state index contributed by atoms with van der Waals surface area (Å²) in [5, 5.41) is 17.6. The summed E-state index contributed by atoms with van der Waals surface area (Å²) in [5.74, 6) is 0.209. The SMILES string of the molecule is CC1[CH-]C(O)OC(CO)[CH-]1.[W].[Y]. The Morgan fingerprint density at radius 1 is 1.42 bits per heavy atom. The fraction of sp³-hybridized carbons (Fsp3) is 0.714. The molecule has 0 aromatic rings. The fourth-order valence-corrected chi connectivity index (χ4v) is 1.04. The molecule has 1 rings (SSSR count). The van der Waals surface area contributed by atoms with Gasteiger partial charge in [0.05, 0.1) is 0 Å². The molecule has 0 aliphatic carbocycles. The summed E-state index contributed by atoms with van der Waals surface area (Å²) in [6, 6.07) is 0. The maximum Gasteiger partial charge on any atom is 0.0412 e. The molecule has 0 bridgehead atoms. The van der Waals surface area contributed by atoms with Crippen molar-refractivity contribution in [3.8, 4) is 0 Å². The molecule has 0 spiro atoms. The van der Waals surface area contributed by atoms with Crippen LogP contribution in [0.1, 0.15) is 6.92 Å². The molecule has 3 atom stereocenters. The van der Waals surface area contributed by atoms with E-state index in [1.165, 1.54) is 0 Å². The Morgan fingerprint density at radius 3 is 2.42 bits per heavy atom. The topological polar surface area (TPSA) is 49.7 Å². The molecule has 2 N–H and O–H groups in total. The van der Waals surface area contributed by atoms with E-state index < -0.39 is 6.29 Å². The zero-order valence-electron chi connectivity index (χ0n) is 6.88. The van der Waals surface area contributed by atoms with E-state index >= 15 is 0 Å². The van der Waals surface area contributed by atoms with Crippen LogP contribution in [0.3, 0.4) is 0 Å². The molecule has 12 heavy (non-hydrogen) atoms. The van der Waals surface area contributed by atoms with Crippen molar-refractivity contribution in [2.75, 3.05) is 6.61 Å². The summed E-state index contributed by atoms with van der Waals surface area (Å²) in [7, 11) is 0. The van der Waals surface area contributed by atoms with E-state index in [4.69, 9.17) is 14.9 Å². The molecule has 5 heteroatoms. The Labute approximate surface area is 112 Å². The second-order valence-corrected chi connectivity index (χ2v) is 2.49. The average molecular weight is 417 g/mol. The number of ether oxygens (including phenoxy) is 1. The van der Waals surface area contributed by atoms with E-state index in [0.29, 0.717) is 0 Å². The van der Waals surface area contributed by atoms with Crippen molar-refractivity contribution in [3.63, 3.8) is 0 Å². The first-order chi connectivity index (χ1) is 4.72. The van der Waals surface area contributed by atoms with Gasteiger partial charge in [0.15, 0.2) is 0 Å². The number of hydrogen-bond donors (Lipinski definition) is 2. The standard InChI is InChI=1S/C7H12O3.W.Y/c1-5-2-6(4-8)10-7(9)3-5;;/h2-3,5-9H,4H2,1H3;;/q-2;;. The van der Waals surface area contributed by atoms with Gasteiger partial charge in [0.2, 0.25) is 0 Å². The fourth-order valence-electron chi connectivity index (χ4n) is 1.04. The average Bonchev–Trinajstić information content (AvgIpc) is 1.85. The largest absolute Gasteiger partial charge is 0.410 e. The number of rotatable bonds is 1. The molecule has 3 nitrogen and oxygen atoms in total. The summed E-state index contributed by atoms with van der Waals surface area (Å²) in [6.07, 6.45) is 2.39. The zero-order valence-corrected chi connectivity index (χ0v) is 12.7. The second kappa shape index (κ2) is 8.02. The summed E-state index contributed by atoms with van der Waals surface area (Å²) in [4.78, 5) is 0. The number of hydrogen-bond acceptors (Lipinski definition) is 3. The summed E-state index contributed by atoms with van der Waals surface area (Å²) in [5.41, 5.74) is 0. The maximum atomic E-state index is 8.97. The number of aliphatic hydroxyl groups excluding tert-OH is 2. The third-order valence-electron chi connectivity index (χ3n) is 1.48. The quantitative estimate of drug-likeness (QED) is 0.579. The van der Waals surface area contributed by atoms with Crippen LogP contribution in [-0.2, 0) is 58.5 Å². The molecule has 1 radical (unpaired) electrons. The van der Waals surface area contributed by atoms with E-state index in [1.807, 2.05) is 13.3 Å². The van der Waals surface area contributed by atoms with E-state index in [-0.39, 0.29) is 72.4 Å². The van der Waals surface area contributed by atoms with Crippen LogP contribution in [0.25, 0.3) is 0 Å². The molecule has 3 unspecified atom stereocenters. The van der Waals surface area contributed by atoms with Crippen LogP contribution in [0.5, 0.6) is 0 Å². The van der Waals surface area contributed by atoms with Gasteiger partial charge in [-0.2, -0.15) is 0 Å². The third-order valence-corrected chi connectivity index (χ3v) is 1.48. The minimum Gasteiger partial charge on any atom is -0.410 e. The Morgan fingerprint density at radius 2 is 2.00 bits per heavy atom. The van der Waals surface area contributed by atoms with Gasteiger partial charge in [-0.15, -0.1) is 6.92 Å². The van der Waals surface area contributed by atoms with Crippen LogP contribution < -0.4 is 0 Å². The Kier molecular flexibility index (Phi) is 10.8. The first kappa shape index (κ1) is 16.1. The monoisotopic (exact) mass is 417 g/mol. The van der Waals surface area contributed by atoms with Gasteiger partial charge in [-0.05, 0) is 6.10 Å². The van der Waals surface area contributed by atoms with Crippen molar-refractivity contribution >= 4 is 0 Å². The molecule has 69 valence electrons. The van der Waals surface area contributed by atoms with Crippen LogP contribution in [0.2, 0.25) is 0 Å². The molecule has 0 saturated carbocycles. The Bertz CT molecular complexity index is 105. The van der Waals surface area contributed by atoms with E-state index in [0.717, 1.165) is 0 Å². The predicted molar refractivity (Wildman–Crippen MR) is 35.7 cm³/mol. The second-order valence-electron chi connectivity index (χ2n) is 2.49.